The van der Waals surface area contributed by atoms with Crippen LogP contribution in [0.1, 0.15) is 0 Å². The van der Waals surface area contributed by atoms with Crippen LogP contribution in [-0.2, 0) is 9.53 Å². The lowest BCUT2D eigenvalue weighted by Crippen LogP contribution is -2.63. The Morgan fingerprint density at radius 2 is 2.54 bits per heavy atom. The van der Waals surface area contributed by atoms with Crippen molar-refractivity contribution in [2.45, 2.75) is 12.1 Å². The van der Waals surface area contributed by atoms with Gasteiger partial charge < -0.3 is 15.8 Å². The van der Waals surface area contributed by atoms with Crippen LogP contribution in [0.15, 0.2) is 5.11 Å². The number of β-lactam (4-membered cyclic amide) rings is 1. The van der Waals surface area contributed by atoms with Crippen LogP contribution < -0.4 is 11.1 Å². The van der Waals surface area contributed by atoms with Crippen molar-refractivity contribution in [1.29, 1.82) is 0 Å². The molecule has 13 heavy (non-hydrogen) atoms. The van der Waals surface area contributed by atoms with Crippen LogP contribution >= 0.6 is 0 Å². The van der Waals surface area contributed by atoms with Gasteiger partial charge in [0, 0.05) is 4.91 Å². The SMILES string of the molecule is [N-]=[N+]=N[C@@H]1C(=O)N[C@@H]1COC(N)=O. The fourth-order valence-electron chi connectivity index (χ4n) is 0.927. The van der Waals surface area contributed by atoms with E-state index in [0.717, 1.165) is 0 Å². The Bertz CT molecular complexity index is 282. The average molecular weight is 185 g/mol. The van der Waals surface area contributed by atoms with Crippen molar-refractivity contribution < 1.29 is 14.3 Å². The smallest absolute Gasteiger partial charge is 0.404 e. The number of rotatable bonds is 3. The normalized spacial score (nSPS) is 25.1. The number of hydrogen-bond acceptors (Lipinski definition) is 4. The molecule has 1 heterocycles. The summed E-state index contributed by atoms with van der Waals surface area (Å²) >= 11 is 0. The Labute approximate surface area is 72.7 Å². The zero-order chi connectivity index (χ0) is 9.84. The first-order valence-electron chi connectivity index (χ1n) is 3.42. The van der Waals surface area contributed by atoms with E-state index in [-0.39, 0.29) is 12.5 Å². The quantitative estimate of drug-likeness (QED) is 0.260. The number of primary amides is 1. The fourth-order valence-corrected chi connectivity index (χ4v) is 0.927. The van der Waals surface area contributed by atoms with Gasteiger partial charge in [-0.3, -0.25) is 4.79 Å². The molecule has 2 atom stereocenters. The molecule has 2 amide bonds. The molecule has 8 heteroatoms. The van der Waals surface area contributed by atoms with Gasteiger partial charge in [-0.15, -0.1) is 0 Å². The molecule has 1 aliphatic heterocycles. The van der Waals surface area contributed by atoms with Gasteiger partial charge in [-0.05, 0) is 5.53 Å². The number of carbonyl (C=O) groups is 2. The van der Waals surface area contributed by atoms with Gasteiger partial charge in [0.2, 0.25) is 5.91 Å². The van der Waals surface area contributed by atoms with E-state index in [4.69, 9.17) is 11.3 Å². The van der Waals surface area contributed by atoms with E-state index >= 15 is 0 Å². The summed E-state index contributed by atoms with van der Waals surface area (Å²) in [4.78, 5) is 23.4. The largest absolute Gasteiger partial charge is 0.447 e. The first kappa shape index (κ1) is 9.14. The molecule has 70 valence electrons. The highest BCUT2D eigenvalue weighted by Gasteiger charge is 2.39. The van der Waals surface area contributed by atoms with E-state index in [2.05, 4.69) is 20.1 Å². The van der Waals surface area contributed by atoms with Gasteiger partial charge in [0.25, 0.3) is 0 Å². The number of azide groups is 1. The van der Waals surface area contributed by atoms with Gasteiger partial charge in [-0.25, -0.2) is 4.79 Å². The molecule has 0 aliphatic carbocycles. The van der Waals surface area contributed by atoms with E-state index < -0.39 is 18.2 Å². The molecule has 1 fully saturated rings. The number of hydrogen-bond donors (Lipinski definition) is 2. The number of amides is 2. The third kappa shape index (κ3) is 2.00. The minimum Gasteiger partial charge on any atom is -0.447 e. The van der Waals surface area contributed by atoms with Crippen molar-refractivity contribution in [3.8, 4) is 0 Å². The number of nitrogens with two attached hydrogens (primary N) is 1. The molecule has 0 aromatic heterocycles. The van der Waals surface area contributed by atoms with Crippen LogP contribution in [0.3, 0.4) is 0 Å². The Morgan fingerprint density at radius 3 is 3.00 bits per heavy atom. The van der Waals surface area contributed by atoms with E-state index in [1.807, 2.05) is 0 Å². The summed E-state index contributed by atoms with van der Waals surface area (Å²) in [6, 6.07) is -1.26. The number of ether oxygens (including phenoxy) is 1. The molecule has 0 aromatic carbocycles. The molecule has 0 unspecified atom stereocenters. The Hall–Kier alpha value is -1.95. The highest BCUT2D eigenvalue weighted by atomic mass is 16.5. The van der Waals surface area contributed by atoms with E-state index in [9.17, 15) is 9.59 Å². The summed E-state index contributed by atoms with van der Waals surface area (Å²) in [6.07, 6.45) is -0.930. The van der Waals surface area contributed by atoms with Gasteiger partial charge in [0.15, 0.2) is 0 Å². The predicted molar refractivity (Wildman–Crippen MR) is 40.4 cm³/mol. The Kier molecular flexibility index (Phi) is 2.56. The summed E-state index contributed by atoms with van der Waals surface area (Å²) in [7, 11) is 0. The molecule has 8 nitrogen and oxygen atoms in total. The second-order valence-corrected chi connectivity index (χ2v) is 2.39. The van der Waals surface area contributed by atoms with Crippen molar-refractivity contribution in [3.63, 3.8) is 0 Å². The number of carbonyl (C=O) groups excluding carboxylic acids is 2. The topological polar surface area (TPSA) is 130 Å². The van der Waals surface area contributed by atoms with Crippen LogP contribution in [-0.4, -0.2) is 30.7 Å². The molecule has 0 bridgehead atoms. The molecule has 1 saturated heterocycles. The van der Waals surface area contributed by atoms with E-state index in [1.54, 1.807) is 0 Å². The first-order chi connectivity index (χ1) is 6.15. The van der Waals surface area contributed by atoms with Crippen molar-refractivity contribution in [1.82, 2.24) is 5.32 Å². The third-order valence-corrected chi connectivity index (χ3v) is 1.56. The molecule has 1 rings (SSSR count). The summed E-state index contributed by atoms with van der Waals surface area (Å²) < 4.78 is 4.41. The molecule has 0 saturated carbocycles. The maximum Gasteiger partial charge on any atom is 0.404 e. The van der Waals surface area contributed by atoms with E-state index in [1.165, 1.54) is 0 Å². The molecule has 0 aromatic rings. The van der Waals surface area contributed by atoms with E-state index in [0.29, 0.717) is 0 Å². The maximum absolute atomic E-state index is 10.7. The highest BCUT2D eigenvalue weighted by molar-refractivity contribution is 5.89. The highest BCUT2D eigenvalue weighted by Crippen LogP contribution is 2.10. The lowest BCUT2D eigenvalue weighted by Gasteiger charge is -2.32. The predicted octanol–water partition coefficient (Wildman–Crippen LogP) is -0.741. The third-order valence-electron chi connectivity index (χ3n) is 1.56. The van der Waals surface area contributed by atoms with Gasteiger partial charge in [0.1, 0.15) is 12.6 Å². The standard InChI is InChI=1S/C5H7N5O3/c6-5(12)13-1-2-3(9-10-7)4(11)8-2/h2-3H,1H2,(H2,6,12)(H,8,11)/t2-,3+/m1/s1. The molecule has 0 spiro atoms. The van der Waals surface area contributed by atoms with Crippen LogP contribution in [0.5, 0.6) is 0 Å². The van der Waals surface area contributed by atoms with Crippen LogP contribution in [0, 0.1) is 0 Å². The lowest BCUT2D eigenvalue weighted by molar-refractivity contribution is -0.131. The molecule has 3 N–H and O–H groups in total. The zero-order valence-corrected chi connectivity index (χ0v) is 6.51. The lowest BCUT2D eigenvalue weighted by atomic mass is 10.0. The number of nitrogens with zero attached hydrogens (tertiary/aromatic N) is 3. The van der Waals surface area contributed by atoms with Crippen molar-refractivity contribution in [2.75, 3.05) is 6.61 Å². The molecule has 0 radical (unpaired) electrons. The van der Waals surface area contributed by atoms with Crippen LogP contribution in [0.25, 0.3) is 10.4 Å². The minimum absolute atomic E-state index is 0.0786. The van der Waals surface area contributed by atoms with Crippen molar-refractivity contribution in [3.05, 3.63) is 10.4 Å². The Balaban J connectivity index is 2.40. The monoisotopic (exact) mass is 185 g/mol. The number of nitrogens with one attached hydrogen (secondary N) is 1. The second-order valence-electron chi connectivity index (χ2n) is 2.39. The average Bonchev–Trinajstić information content (AvgIpc) is 2.07. The van der Waals surface area contributed by atoms with Gasteiger partial charge >= 0.3 is 6.09 Å². The van der Waals surface area contributed by atoms with Crippen molar-refractivity contribution >= 4 is 12.0 Å². The van der Waals surface area contributed by atoms with Crippen LogP contribution in [0.4, 0.5) is 4.79 Å². The van der Waals surface area contributed by atoms with Gasteiger partial charge in [0.05, 0.1) is 6.04 Å². The fraction of sp³-hybridized carbons (Fsp3) is 0.600. The Morgan fingerprint density at radius 1 is 1.85 bits per heavy atom. The zero-order valence-electron chi connectivity index (χ0n) is 6.51. The van der Waals surface area contributed by atoms with Gasteiger partial charge in [-0.1, -0.05) is 5.11 Å². The van der Waals surface area contributed by atoms with Crippen molar-refractivity contribution in [2.24, 2.45) is 10.8 Å². The second kappa shape index (κ2) is 3.63. The van der Waals surface area contributed by atoms with Crippen LogP contribution in [0.2, 0.25) is 0 Å². The minimum atomic E-state index is -0.930. The molecular formula is C5H7N5O3. The summed E-state index contributed by atoms with van der Waals surface area (Å²) in [5.41, 5.74) is 12.8. The summed E-state index contributed by atoms with van der Waals surface area (Å²) in [5, 5.41) is 5.60. The molecular weight excluding hydrogens is 178 g/mol. The summed E-state index contributed by atoms with van der Waals surface area (Å²) in [6.45, 7) is -0.0786. The molecule has 1 aliphatic rings. The van der Waals surface area contributed by atoms with Gasteiger partial charge in [-0.2, -0.15) is 0 Å². The summed E-state index contributed by atoms with van der Waals surface area (Å²) in [5.74, 6) is -0.379. The maximum atomic E-state index is 10.7. The first-order valence-corrected chi connectivity index (χ1v) is 3.42.